The Kier molecular flexibility index (Phi) is 6.40. The van der Waals surface area contributed by atoms with Gasteiger partial charge in [-0.05, 0) is 36.8 Å². The lowest BCUT2D eigenvalue weighted by Gasteiger charge is -2.16. The third-order valence-corrected chi connectivity index (χ3v) is 3.49. The van der Waals surface area contributed by atoms with Crippen molar-refractivity contribution in [2.75, 3.05) is 6.61 Å². The quantitative estimate of drug-likeness (QED) is 0.764. The van der Waals surface area contributed by atoms with Crippen LogP contribution in [0.15, 0.2) is 24.3 Å². The molecule has 0 fully saturated rings. The molecule has 3 heteroatoms. The highest BCUT2D eigenvalue weighted by molar-refractivity contribution is 5.90. The smallest absolute Gasteiger partial charge is 0.339 e. The minimum atomic E-state index is -0.941. The number of carbonyl (C=O) groups is 1. The average molecular weight is 264 g/mol. The molecule has 0 saturated heterocycles. The Morgan fingerprint density at radius 1 is 1.26 bits per heavy atom. The van der Waals surface area contributed by atoms with Crippen molar-refractivity contribution in [1.82, 2.24) is 0 Å². The molecular formula is C16H24O3. The number of carboxylic acids is 1. The summed E-state index contributed by atoms with van der Waals surface area (Å²) in [6.07, 6.45) is 3.35. The molecular weight excluding hydrogens is 240 g/mol. The average Bonchev–Trinajstić information content (AvgIpc) is 2.38. The zero-order chi connectivity index (χ0) is 14.3. The third kappa shape index (κ3) is 5.33. The zero-order valence-corrected chi connectivity index (χ0v) is 12.1. The summed E-state index contributed by atoms with van der Waals surface area (Å²) in [5, 5.41) is 9.05. The van der Waals surface area contributed by atoms with Crippen molar-refractivity contribution < 1.29 is 14.6 Å². The van der Waals surface area contributed by atoms with E-state index in [-0.39, 0.29) is 5.56 Å². The Morgan fingerprint density at radius 2 is 1.95 bits per heavy atom. The molecule has 106 valence electrons. The fourth-order valence-corrected chi connectivity index (χ4v) is 2.11. The van der Waals surface area contributed by atoms with Crippen LogP contribution in [0.1, 0.15) is 50.4 Å². The van der Waals surface area contributed by atoms with Crippen molar-refractivity contribution in [2.45, 2.75) is 40.0 Å². The first-order valence-corrected chi connectivity index (χ1v) is 6.99. The standard InChI is InChI=1S/C16H24O3/c1-4-12(2)11-13(3)9-10-19-15-8-6-5-7-14(15)16(17)18/h5-8,12-13H,4,9-11H2,1-3H3,(H,17,18). The summed E-state index contributed by atoms with van der Waals surface area (Å²) in [5.74, 6) is 0.863. The highest BCUT2D eigenvalue weighted by Crippen LogP contribution is 2.21. The monoisotopic (exact) mass is 264 g/mol. The summed E-state index contributed by atoms with van der Waals surface area (Å²) in [7, 11) is 0. The topological polar surface area (TPSA) is 46.5 Å². The number of benzene rings is 1. The molecule has 0 aliphatic carbocycles. The molecule has 1 aromatic rings. The van der Waals surface area contributed by atoms with Crippen LogP contribution in [-0.2, 0) is 0 Å². The van der Waals surface area contributed by atoms with Gasteiger partial charge in [-0.2, -0.15) is 0 Å². The predicted molar refractivity (Wildman–Crippen MR) is 76.7 cm³/mol. The van der Waals surface area contributed by atoms with Crippen molar-refractivity contribution in [2.24, 2.45) is 11.8 Å². The van der Waals surface area contributed by atoms with Crippen molar-refractivity contribution in [1.29, 1.82) is 0 Å². The molecule has 2 atom stereocenters. The maximum Gasteiger partial charge on any atom is 0.339 e. The lowest BCUT2D eigenvalue weighted by atomic mass is 9.93. The number of para-hydroxylation sites is 1. The summed E-state index contributed by atoms with van der Waals surface area (Å²) >= 11 is 0. The highest BCUT2D eigenvalue weighted by Gasteiger charge is 2.11. The van der Waals surface area contributed by atoms with Crippen LogP contribution in [0.4, 0.5) is 0 Å². The van der Waals surface area contributed by atoms with Crippen LogP contribution in [0.25, 0.3) is 0 Å². The van der Waals surface area contributed by atoms with Crippen LogP contribution in [0.2, 0.25) is 0 Å². The van der Waals surface area contributed by atoms with Gasteiger partial charge in [0.1, 0.15) is 11.3 Å². The molecule has 1 N–H and O–H groups in total. The van der Waals surface area contributed by atoms with Gasteiger partial charge in [0, 0.05) is 0 Å². The molecule has 0 bridgehead atoms. The van der Waals surface area contributed by atoms with E-state index in [2.05, 4.69) is 20.8 Å². The molecule has 2 unspecified atom stereocenters. The number of ether oxygens (including phenoxy) is 1. The van der Waals surface area contributed by atoms with Gasteiger partial charge < -0.3 is 9.84 Å². The van der Waals surface area contributed by atoms with Gasteiger partial charge in [0.2, 0.25) is 0 Å². The molecule has 3 nitrogen and oxygen atoms in total. The van der Waals surface area contributed by atoms with Crippen molar-refractivity contribution in [3.05, 3.63) is 29.8 Å². The number of hydrogen-bond donors (Lipinski definition) is 1. The normalized spacial score (nSPS) is 13.8. The van der Waals surface area contributed by atoms with Gasteiger partial charge >= 0.3 is 5.97 Å². The van der Waals surface area contributed by atoms with Gasteiger partial charge in [-0.25, -0.2) is 4.79 Å². The third-order valence-electron chi connectivity index (χ3n) is 3.49. The van der Waals surface area contributed by atoms with Crippen molar-refractivity contribution >= 4 is 5.97 Å². The van der Waals surface area contributed by atoms with Crippen LogP contribution in [0, 0.1) is 11.8 Å². The Balaban J connectivity index is 2.43. The molecule has 0 spiro atoms. The van der Waals surface area contributed by atoms with E-state index in [0.29, 0.717) is 18.3 Å². The summed E-state index contributed by atoms with van der Waals surface area (Å²) in [6, 6.07) is 6.79. The molecule has 0 aliphatic heterocycles. The molecule has 0 aromatic heterocycles. The fraction of sp³-hybridized carbons (Fsp3) is 0.562. The number of carboxylic acid groups (broad SMARTS) is 1. The van der Waals surface area contributed by atoms with E-state index in [1.54, 1.807) is 24.3 Å². The summed E-state index contributed by atoms with van der Waals surface area (Å²) in [5.41, 5.74) is 0.233. The maximum absolute atomic E-state index is 11.0. The summed E-state index contributed by atoms with van der Waals surface area (Å²) in [4.78, 5) is 11.0. The molecule has 0 heterocycles. The lowest BCUT2D eigenvalue weighted by Crippen LogP contribution is -2.09. The predicted octanol–water partition coefficient (Wildman–Crippen LogP) is 4.23. The van der Waals surface area contributed by atoms with E-state index in [4.69, 9.17) is 9.84 Å². The van der Waals surface area contributed by atoms with E-state index in [1.807, 2.05) is 0 Å². The second kappa shape index (κ2) is 7.82. The van der Waals surface area contributed by atoms with E-state index in [1.165, 1.54) is 12.8 Å². The molecule has 0 aliphatic rings. The van der Waals surface area contributed by atoms with Gasteiger partial charge in [0.15, 0.2) is 0 Å². The van der Waals surface area contributed by atoms with Gasteiger partial charge in [0.05, 0.1) is 6.61 Å². The van der Waals surface area contributed by atoms with Gasteiger partial charge in [0.25, 0.3) is 0 Å². The van der Waals surface area contributed by atoms with Crippen LogP contribution < -0.4 is 4.74 Å². The maximum atomic E-state index is 11.0. The Hall–Kier alpha value is -1.51. The largest absolute Gasteiger partial charge is 0.493 e. The van der Waals surface area contributed by atoms with Crippen molar-refractivity contribution in [3.63, 3.8) is 0 Å². The van der Waals surface area contributed by atoms with E-state index in [9.17, 15) is 4.79 Å². The summed E-state index contributed by atoms with van der Waals surface area (Å²) < 4.78 is 5.60. The number of rotatable bonds is 8. The lowest BCUT2D eigenvalue weighted by molar-refractivity contribution is 0.0692. The first kappa shape index (κ1) is 15.5. The van der Waals surface area contributed by atoms with Crippen molar-refractivity contribution in [3.8, 4) is 5.75 Å². The highest BCUT2D eigenvalue weighted by atomic mass is 16.5. The van der Waals surface area contributed by atoms with E-state index >= 15 is 0 Å². The minimum absolute atomic E-state index is 0.233. The Labute approximate surface area is 115 Å². The molecule has 0 saturated carbocycles. The molecule has 0 amide bonds. The zero-order valence-electron chi connectivity index (χ0n) is 12.1. The van der Waals surface area contributed by atoms with Gasteiger partial charge in [-0.1, -0.05) is 39.3 Å². The van der Waals surface area contributed by atoms with E-state index < -0.39 is 5.97 Å². The number of hydrogen-bond acceptors (Lipinski definition) is 2. The molecule has 0 radical (unpaired) electrons. The number of aromatic carboxylic acids is 1. The molecule has 19 heavy (non-hydrogen) atoms. The summed E-state index contributed by atoms with van der Waals surface area (Å²) in [6.45, 7) is 7.26. The minimum Gasteiger partial charge on any atom is -0.493 e. The van der Waals surface area contributed by atoms with Crippen LogP contribution >= 0.6 is 0 Å². The van der Waals surface area contributed by atoms with Crippen LogP contribution in [-0.4, -0.2) is 17.7 Å². The molecule has 1 rings (SSSR count). The van der Waals surface area contributed by atoms with Gasteiger partial charge in [-0.15, -0.1) is 0 Å². The van der Waals surface area contributed by atoms with E-state index in [0.717, 1.165) is 12.3 Å². The Morgan fingerprint density at radius 3 is 2.58 bits per heavy atom. The second-order valence-electron chi connectivity index (χ2n) is 5.29. The Bertz CT molecular complexity index is 401. The second-order valence-corrected chi connectivity index (χ2v) is 5.29. The SMILES string of the molecule is CCC(C)CC(C)CCOc1ccccc1C(=O)O. The van der Waals surface area contributed by atoms with Gasteiger partial charge in [-0.3, -0.25) is 0 Å². The fourth-order valence-electron chi connectivity index (χ4n) is 2.11. The molecule has 1 aromatic carbocycles. The first-order chi connectivity index (χ1) is 9.04. The van der Waals surface area contributed by atoms with Crippen LogP contribution in [0.5, 0.6) is 5.75 Å². The van der Waals surface area contributed by atoms with Crippen LogP contribution in [0.3, 0.4) is 0 Å². The first-order valence-electron chi connectivity index (χ1n) is 6.99.